The lowest BCUT2D eigenvalue weighted by Gasteiger charge is -2.22. The minimum atomic E-state index is 0.338. The number of hydrogen-bond donors (Lipinski definition) is 0. The lowest BCUT2D eigenvalue weighted by atomic mass is 9.94. The van der Waals surface area contributed by atoms with Gasteiger partial charge in [0.2, 0.25) is 0 Å². The molecule has 1 nitrogen and oxygen atoms in total. The maximum Gasteiger partial charge on any atom is 0.0720 e. The Kier molecular flexibility index (Phi) is 2.93. The molecule has 2 aliphatic carbocycles. The van der Waals surface area contributed by atoms with Crippen LogP contribution in [-0.4, -0.2) is 6.10 Å². The third-order valence-corrected chi connectivity index (χ3v) is 3.32. The van der Waals surface area contributed by atoms with Gasteiger partial charge in [-0.25, -0.2) is 0 Å². The van der Waals surface area contributed by atoms with E-state index in [9.17, 15) is 0 Å². The van der Waals surface area contributed by atoms with E-state index in [1.807, 2.05) is 6.07 Å². The standard InChI is InChI=1S/C16H16O/c1-2-5-13(6-3-1)12-17-16-10-9-14-7-4-8-15(14)11-16/h1-9,16H,10-12H2. The fraction of sp³-hybridized carbons (Fsp3) is 0.250. The second-order valence-electron chi connectivity index (χ2n) is 4.57. The minimum absolute atomic E-state index is 0.338. The van der Waals surface area contributed by atoms with Gasteiger partial charge in [0.25, 0.3) is 0 Å². The van der Waals surface area contributed by atoms with Gasteiger partial charge in [-0.15, -0.1) is 0 Å². The van der Waals surface area contributed by atoms with Crippen molar-refractivity contribution >= 4 is 0 Å². The van der Waals surface area contributed by atoms with Crippen LogP contribution in [0.4, 0.5) is 0 Å². The van der Waals surface area contributed by atoms with E-state index in [1.165, 1.54) is 16.7 Å². The third kappa shape index (κ3) is 2.40. The monoisotopic (exact) mass is 224 g/mol. The van der Waals surface area contributed by atoms with Crippen LogP contribution in [0.3, 0.4) is 0 Å². The van der Waals surface area contributed by atoms with Crippen LogP contribution in [-0.2, 0) is 11.3 Å². The molecular weight excluding hydrogens is 208 g/mol. The van der Waals surface area contributed by atoms with E-state index >= 15 is 0 Å². The molecule has 2 aliphatic rings. The highest BCUT2D eigenvalue weighted by Crippen LogP contribution is 2.30. The third-order valence-electron chi connectivity index (χ3n) is 3.32. The maximum absolute atomic E-state index is 5.96. The molecule has 0 radical (unpaired) electrons. The van der Waals surface area contributed by atoms with Crippen molar-refractivity contribution in [3.05, 3.63) is 71.3 Å². The molecule has 1 heteroatoms. The summed E-state index contributed by atoms with van der Waals surface area (Å²) in [6.07, 6.45) is 11.2. The molecule has 1 aromatic rings. The Labute approximate surface area is 102 Å². The van der Waals surface area contributed by atoms with Crippen molar-refractivity contribution in [2.75, 3.05) is 0 Å². The van der Waals surface area contributed by atoms with Gasteiger partial charge in [-0.05, 0) is 29.6 Å². The van der Waals surface area contributed by atoms with Gasteiger partial charge in [-0.2, -0.15) is 0 Å². The summed E-state index contributed by atoms with van der Waals surface area (Å²) in [4.78, 5) is 0. The molecule has 0 N–H and O–H groups in total. The summed E-state index contributed by atoms with van der Waals surface area (Å²) in [6.45, 7) is 0.718. The van der Waals surface area contributed by atoms with Crippen molar-refractivity contribution in [3.63, 3.8) is 0 Å². The fourth-order valence-corrected chi connectivity index (χ4v) is 2.36. The van der Waals surface area contributed by atoms with E-state index in [-0.39, 0.29) is 0 Å². The van der Waals surface area contributed by atoms with Gasteiger partial charge >= 0.3 is 0 Å². The Morgan fingerprint density at radius 2 is 2.06 bits per heavy atom. The normalized spacial score (nSPS) is 22.0. The van der Waals surface area contributed by atoms with E-state index in [0.717, 1.165) is 19.4 Å². The van der Waals surface area contributed by atoms with Gasteiger partial charge in [0.15, 0.2) is 0 Å². The van der Waals surface area contributed by atoms with E-state index in [0.29, 0.717) is 6.10 Å². The van der Waals surface area contributed by atoms with Gasteiger partial charge in [0.05, 0.1) is 12.7 Å². The fourth-order valence-electron chi connectivity index (χ4n) is 2.36. The summed E-state index contributed by atoms with van der Waals surface area (Å²) in [6, 6.07) is 10.4. The number of hydrogen-bond acceptors (Lipinski definition) is 1. The molecular formula is C16H16O. The number of rotatable bonds is 3. The second-order valence-corrected chi connectivity index (χ2v) is 4.57. The average molecular weight is 224 g/mol. The predicted molar refractivity (Wildman–Crippen MR) is 69.6 cm³/mol. The molecule has 1 unspecified atom stereocenters. The number of benzene rings is 1. The highest BCUT2D eigenvalue weighted by atomic mass is 16.5. The number of ether oxygens (including phenoxy) is 1. The van der Waals surface area contributed by atoms with Crippen molar-refractivity contribution < 1.29 is 4.74 Å². The molecule has 0 aliphatic heterocycles. The highest BCUT2D eigenvalue weighted by Gasteiger charge is 2.19. The van der Waals surface area contributed by atoms with Crippen molar-refractivity contribution in [1.82, 2.24) is 0 Å². The highest BCUT2D eigenvalue weighted by molar-refractivity contribution is 5.49. The molecule has 1 aromatic carbocycles. The van der Waals surface area contributed by atoms with E-state index < -0.39 is 0 Å². The van der Waals surface area contributed by atoms with Crippen LogP contribution in [0, 0.1) is 0 Å². The summed E-state index contributed by atoms with van der Waals surface area (Å²) in [5.74, 6) is 0. The summed E-state index contributed by atoms with van der Waals surface area (Å²) in [5.41, 5.74) is 4.07. The van der Waals surface area contributed by atoms with E-state index in [2.05, 4.69) is 48.6 Å². The molecule has 3 rings (SSSR count). The Morgan fingerprint density at radius 3 is 2.94 bits per heavy atom. The Balaban J connectivity index is 1.58. The SMILES string of the molecule is C1=CC2=CCC(OCc3ccccc3)CC2=C1. The molecule has 0 amide bonds. The molecule has 0 saturated carbocycles. The molecule has 86 valence electrons. The van der Waals surface area contributed by atoms with Crippen molar-refractivity contribution in [2.45, 2.75) is 25.6 Å². The zero-order valence-electron chi connectivity index (χ0n) is 9.80. The van der Waals surface area contributed by atoms with Crippen LogP contribution in [0.25, 0.3) is 0 Å². The van der Waals surface area contributed by atoms with Crippen LogP contribution < -0.4 is 0 Å². The average Bonchev–Trinajstić information content (AvgIpc) is 2.85. The lowest BCUT2D eigenvalue weighted by Crippen LogP contribution is -2.16. The molecule has 0 saturated heterocycles. The molecule has 0 bridgehead atoms. The van der Waals surface area contributed by atoms with Crippen LogP contribution in [0.1, 0.15) is 18.4 Å². The van der Waals surface area contributed by atoms with Gasteiger partial charge in [-0.1, -0.05) is 54.6 Å². The lowest BCUT2D eigenvalue weighted by molar-refractivity contribution is 0.0415. The van der Waals surface area contributed by atoms with Crippen LogP contribution in [0.2, 0.25) is 0 Å². The van der Waals surface area contributed by atoms with Crippen LogP contribution in [0.5, 0.6) is 0 Å². The minimum Gasteiger partial charge on any atom is -0.373 e. The van der Waals surface area contributed by atoms with Gasteiger partial charge in [0, 0.05) is 0 Å². The smallest absolute Gasteiger partial charge is 0.0720 e. The molecule has 0 aromatic heterocycles. The zero-order valence-corrected chi connectivity index (χ0v) is 9.80. The van der Waals surface area contributed by atoms with Gasteiger partial charge < -0.3 is 4.74 Å². The van der Waals surface area contributed by atoms with Crippen LogP contribution in [0.15, 0.2) is 65.8 Å². The topological polar surface area (TPSA) is 9.23 Å². The van der Waals surface area contributed by atoms with E-state index in [1.54, 1.807) is 0 Å². The first kappa shape index (κ1) is 10.5. The number of fused-ring (bicyclic) bond motifs is 1. The molecule has 1 atom stereocenters. The molecule has 0 fully saturated rings. The molecule has 17 heavy (non-hydrogen) atoms. The first-order valence-corrected chi connectivity index (χ1v) is 6.15. The zero-order chi connectivity index (χ0) is 11.5. The summed E-state index contributed by atoms with van der Waals surface area (Å²) >= 11 is 0. The maximum atomic E-state index is 5.96. The first-order chi connectivity index (χ1) is 8.42. The summed E-state index contributed by atoms with van der Waals surface area (Å²) in [5, 5.41) is 0. The first-order valence-electron chi connectivity index (χ1n) is 6.15. The van der Waals surface area contributed by atoms with Crippen molar-refractivity contribution in [1.29, 1.82) is 0 Å². The summed E-state index contributed by atoms with van der Waals surface area (Å²) < 4.78 is 5.96. The quantitative estimate of drug-likeness (QED) is 0.759. The Bertz CT molecular complexity index is 480. The van der Waals surface area contributed by atoms with E-state index in [4.69, 9.17) is 4.74 Å². The van der Waals surface area contributed by atoms with Gasteiger partial charge in [-0.3, -0.25) is 0 Å². The summed E-state index contributed by atoms with van der Waals surface area (Å²) in [7, 11) is 0. The van der Waals surface area contributed by atoms with Crippen molar-refractivity contribution in [2.24, 2.45) is 0 Å². The predicted octanol–water partition coefficient (Wildman–Crippen LogP) is 3.79. The Morgan fingerprint density at radius 1 is 1.18 bits per heavy atom. The Hall–Kier alpha value is -1.60. The van der Waals surface area contributed by atoms with Gasteiger partial charge in [0.1, 0.15) is 0 Å². The second kappa shape index (κ2) is 4.72. The molecule has 0 spiro atoms. The molecule has 0 heterocycles. The van der Waals surface area contributed by atoms with Crippen molar-refractivity contribution in [3.8, 4) is 0 Å². The van der Waals surface area contributed by atoms with Crippen LogP contribution >= 0.6 is 0 Å². The largest absolute Gasteiger partial charge is 0.373 e. The number of allylic oxidation sites excluding steroid dienone is 4.